The quantitative estimate of drug-likeness (QED) is 0.704. The van der Waals surface area contributed by atoms with Crippen molar-refractivity contribution in [2.75, 3.05) is 29.1 Å². The van der Waals surface area contributed by atoms with Gasteiger partial charge in [0.1, 0.15) is 19.3 Å². The Bertz CT molecular complexity index is 1110. The van der Waals surface area contributed by atoms with E-state index in [1.165, 1.54) is 31.2 Å². The van der Waals surface area contributed by atoms with Crippen LogP contribution in [0.4, 0.5) is 24.5 Å². The van der Waals surface area contributed by atoms with E-state index in [0.717, 1.165) is 16.6 Å². The molecule has 168 valence electrons. The smallest absolute Gasteiger partial charge is 0.418 e. The molecule has 31 heavy (non-hydrogen) atoms. The van der Waals surface area contributed by atoms with Gasteiger partial charge in [-0.3, -0.25) is 9.10 Å². The van der Waals surface area contributed by atoms with Gasteiger partial charge in [0.15, 0.2) is 11.5 Å². The lowest BCUT2D eigenvalue weighted by molar-refractivity contribution is -0.137. The Morgan fingerprint density at radius 3 is 2.39 bits per heavy atom. The van der Waals surface area contributed by atoms with Gasteiger partial charge < -0.3 is 14.8 Å². The Morgan fingerprint density at radius 1 is 1.13 bits per heavy atom. The van der Waals surface area contributed by atoms with Crippen LogP contribution in [0.1, 0.15) is 12.5 Å². The number of nitrogens with zero attached hydrogens (tertiary/aromatic N) is 1. The minimum absolute atomic E-state index is 0.0987. The molecule has 1 N–H and O–H groups in total. The fraction of sp³-hybridized carbons (Fsp3) is 0.316. The molecule has 2 aromatic carbocycles. The van der Waals surface area contributed by atoms with Crippen molar-refractivity contribution in [3.05, 3.63) is 47.0 Å². The minimum Gasteiger partial charge on any atom is -0.486 e. The summed E-state index contributed by atoms with van der Waals surface area (Å²) >= 11 is 5.65. The molecule has 1 amide bonds. The zero-order valence-corrected chi connectivity index (χ0v) is 17.9. The normalized spacial score (nSPS) is 14.6. The first kappa shape index (κ1) is 23.0. The van der Waals surface area contributed by atoms with Gasteiger partial charge in [0.2, 0.25) is 15.9 Å². The number of sulfonamides is 1. The van der Waals surface area contributed by atoms with Crippen LogP contribution in [0.3, 0.4) is 0 Å². The maximum absolute atomic E-state index is 13.3. The molecule has 1 aliphatic heterocycles. The zero-order valence-electron chi connectivity index (χ0n) is 16.4. The molecule has 3 rings (SSSR count). The van der Waals surface area contributed by atoms with Gasteiger partial charge in [0, 0.05) is 11.1 Å². The third-order valence-electron chi connectivity index (χ3n) is 4.41. The Labute approximate surface area is 181 Å². The van der Waals surface area contributed by atoms with Crippen LogP contribution in [0.15, 0.2) is 36.4 Å². The number of ether oxygens (including phenoxy) is 2. The first-order valence-corrected chi connectivity index (χ1v) is 11.2. The van der Waals surface area contributed by atoms with Crippen LogP contribution in [0, 0.1) is 0 Å². The molecular formula is C19H18ClF3N2O5S. The Hall–Kier alpha value is -2.66. The van der Waals surface area contributed by atoms with Crippen molar-refractivity contribution >= 4 is 38.9 Å². The number of benzene rings is 2. The summed E-state index contributed by atoms with van der Waals surface area (Å²) in [4.78, 5) is 12.8. The fourth-order valence-electron chi connectivity index (χ4n) is 3.08. The molecule has 7 nitrogen and oxygen atoms in total. The molecule has 0 saturated carbocycles. The van der Waals surface area contributed by atoms with Crippen LogP contribution in [0.5, 0.6) is 11.5 Å². The van der Waals surface area contributed by atoms with Crippen molar-refractivity contribution in [2.45, 2.75) is 19.1 Å². The summed E-state index contributed by atoms with van der Waals surface area (Å²) in [6.07, 6.45) is -3.89. The van der Waals surface area contributed by atoms with Crippen LogP contribution in [0.2, 0.25) is 5.02 Å². The van der Waals surface area contributed by atoms with Crippen LogP contribution >= 0.6 is 11.6 Å². The van der Waals surface area contributed by atoms with Crippen molar-refractivity contribution in [3.63, 3.8) is 0 Å². The highest BCUT2D eigenvalue weighted by molar-refractivity contribution is 7.92. The van der Waals surface area contributed by atoms with Crippen LogP contribution < -0.4 is 19.1 Å². The molecule has 0 unspecified atom stereocenters. The van der Waals surface area contributed by atoms with Crippen LogP contribution in [0.25, 0.3) is 0 Å². The van der Waals surface area contributed by atoms with Crippen molar-refractivity contribution in [2.24, 2.45) is 0 Å². The second-order valence-corrected chi connectivity index (χ2v) is 9.04. The van der Waals surface area contributed by atoms with E-state index < -0.39 is 39.4 Å². The molecule has 1 heterocycles. The average Bonchev–Trinajstić information content (AvgIpc) is 2.67. The van der Waals surface area contributed by atoms with Gasteiger partial charge >= 0.3 is 6.18 Å². The number of rotatable bonds is 5. The summed E-state index contributed by atoms with van der Waals surface area (Å²) in [5, 5.41) is 1.99. The first-order valence-electron chi connectivity index (χ1n) is 8.94. The lowest BCUT2D eigenvalue weighted by atomic mass is 10.1. The van der Waals surface area contributed by atoms with E-state index >= 15 is 0 Å². The number of carbonyl (C=O) groups excluding carboxylic acids is 1. The SMILES string of the molecule is C[C@H](C(=O)Nc1ccc(Cl)cc1C(F)(F)F)N(c1ccc2c(c1)OCCO2)S(C)(=O)=O. The second kappa shape index (κ2) is 8.46. The highest BCUT2D eigenvalue weighted by Gasteiger charge is 2.36. The highest BCUT2D eigenvalue weighted by atomic mass is 35.5. The number of anilines is 2. The van der Waals surface area contributed by atoms with Gasteiger partial charge in [-0.25, -0.2) is 8.42 Å². The van der Waals surface area contributed by atoms with Crippen molar-refractivity contribution in [3.8, 4) is 11.5 Å². The number of carbonyl (C=O) groups is 1. The predicted octanol–water partition coefficient (Wildman–Crippen LogP) is 3.92. The number of hydrogen-bond donors (Lipinski definition) is 1. The summed E-state index contributed by atoms with van der Waals surface area (Å²) in [5.74, 6) is -0.258. The van der Waals surface area contributed by atoms with E-state index in [1.807, 2.05) is 0 Å². The molecule has 0 bridgehead atoms. The second-order valence-electron chi connectivity index (χ2n) is 6.74. The van der Waals surface area contributed by atoms with Gasteiger partial charge in [-0.05, 0) is 37.3 Å². The Kier molecular flexibility index (Phi) is 6.28. The largest absolute Gasteiger partial charge is 0.486 e. The Morgan fingerprint density at radius 2 is 1.77 bits per heavy atom. The van der Waals surface area contributed by atoms with Gasteiger partial charge in [-0.15, -0.1) is 0 Å². The first-order chi connectivity index (χ1) is 14.4. The van der Waals surface area contributed by atoms with Gasteiger partial charge in [-0.2, -0.15) is 13.2 Å². The maximum Gasteiger partial charge on any atom is 0.418 e. The van der Waals surface area contributed by atoms with Crippen molar-refractivity contribution < 1.29 is 35.9 Å². The zero-order chi connectivity index (χ0) is 23.0. The van der Waals surface area contributed by atoms with E-state index in [0.29, 0.717) is 24.2 Å². The number of fused-ring (bicyclic) bond motifs is 1. The molecule has 0 fully saturated rings. The molecule has 0 saturated heterocycles. The van der Waals surface area contributed by atoms with Crippen molar-refractivity contribution in [1.29, 1.82) is 0 Å². The molecule has 0 aromatic heterocycles. The third-order valence-corrected chi connectivity index (χ3v) is 5.89. The number of amides is 1. The van der Waals surface area contributed by atoms with E-state index in [2.05, 4.69) is 5.32 Å². The summed E-state index contributed by atoms with van der Waals surface area (Å²) in [6, 6.07) is 5.79. The summed E-state index contributed by atoms with van der Waals surface area (Å²) in [7, 11) is -3.99. The summed E-state index contributed by atoms with van der Waals surface area (Å²) in [6.45, 7) is 1.86. The number of halogens is 4. The third kappa shape index (κ3) is 5.16. The number of hydrogen-bond acceptors (Lipinski definition) is 5. The molecule has 12 heteroatoms. The highest BCUT2D eigenvalue weighted by Crippen LogP contribution is 2.38. The van der Waals surface area contributed by atoms with Gasteiger partial charge in [0.25, 0.3) is 0 Å². The molecule has 0 radical (unpaired) electrons. The lowest BCUT2D eigenvalue weighted by Crippen LogP contribution is -2.45. The standard InChI is InChI=1S/C19H18ClF3N2O5S/c1-11(18(26)24-15-5-3-12(20)9-14(15)19(21,22)23)25(31(2,27)28)13-4-6-16-17(10-13)30-8-7-29-16/h3-6,9-11H,7-8H2,1-2H3,(H,24,26)/t11-/m1/s1. The lowest BCUT2D eigenvalue weighted by Gasteiger charge is -2.29. The van der Waals surface area contributed by atoms with Gasteiger partial charge in [-0.1, -0.05) is 11.6 Å². The van der Waals surface area contributed by atoms with Crippen molar-refractivity contribution in [1.82, 2.24) is 0 Å². The maximum atomic E-state index is 13.3. The summed E-state index contributed by atoms with van der Waals surface area (Å²) in [5.41, 5.74) is -1.59. The average molecular weight is 479 g/mol. The van der Waals surface area contributed by atoms with Crippen LogP contribution in [-0.2, 0) is 21.0 Å². The molecule has 1 aliphatic rings. The summed E-state index contributed by atoms with van der Waals surface area (Å²) < 4.78 is 76.5. The topological polar surface area (TPSA) is 84.9 Å². The Balaban J connectivity index is 1.93. The van der Waals surface area contributed by atoms with E-state index in [-0.39, 0.29) is 17.3 Å². The molecular weight excluding hydrogens is 461 g/mol. The van der Waals surface area contributed by atoms with Crippen LogP contribution in [-0.4, -0.2) is 39.8 Å². The number of nitrogens with one attached hydrogen (secondary N) is 1. The monoisotopic (exact) mass is 478 g/mol. The van der Waals surface area contributed by atoms with E-state index in [4.69, 9.17) is 21.1 Å². The van der Waals surface area contributed by atoms with E-state index in [9.17, 15) is 26.4 Å². The molecule has 0 aliphatic carbocycles. The van der Waals surface area contributed by atoms with Gasteiger partial charge in [0.05, 0.1) is 23.2 Å². The molecule has 0 spiro atoms. The molecule has 2 aromatic rings. The van der Waals surface area contributed by atoms with E-state index in [1.54, 1.807) is 0 Å². The fourth-order valence-corrected chi connectivity index (χ4v) is 4.41. The predicted molar refractivity (Wildman–Crippen MR) is 109 cm³/mol. The molecule has 1 atom stereocenters. The minimum atomic E-state index is -4.77. The number of alkyl halides is 3.